The first-order valence-corrected chi connectivity index (χ1v) is 14.2. The van der Waals surface area contributed by atoms with E-state index < -0.39 is 5.60 Å². The van der Waals surface area contributed by atoms with Gasteiger partial charge in [0.2, 0.25) is 11.8 Å². The first-order valence-electron chi connectivity index (χ1n) is 14.2. The summed E-state index contributed by atoms with van der Waals surface area (Å²) in [6.45, 7) is 10.6. The molecule has 4 heterocycles. The average Bonchev–Trinajstić information content (AvgIpc) is 2.89. The van der Waals surface area contributed by atoms with E-state index in [1.165, 1.54) is 17.7 Å². The van der Waals surface area contributed by atoms with Crippen LogP contribution in [0.3, 0.4) is 0 Å². The standard InChI is InChI=1S/C24H37N3O3.C5H7NO2/c1-24(2,3)30-23(28)27-14-9-18(10-15-27)26-16-11-19(12-17-26)29-22-8-4-7-21-20(22)6-5-13-25-21;7-4-2-1-3-5(8)6-4/h4,7-8,18-19,25H,5-6,9-17H2,1-3H3;1-3H2,(H,6,7,8). The second-order valence-corrected chi connectivity index (χ2v) is 11.7. The topological polar surface area (TPSA) is 100 Å². The normalized spacial score (nSPS) is 21.4. The van der Waals surface area contributed by atoms with Gasteiger partial charge < -0.3 is 19.7 Å². The number of carbonyl (C=O) groups excluding carboxylic acids is 3. The molecule has 3 amide bonds. The average molecular weight is 529 g/mol. The summed E-state index contributed by atoms with van der Waals surface area (Å²) in [6.07, 6.45) is 8.34. The van der Waals surface area contributed by atoms with Crippen LogP contribution in [0.15, 0.2) is 18.2 Å². The SMILES string of the molecule is CC(C)(C)OC(=O)N1CCC(N2CCC(Oc3cccc4c3CCCN4)CC2)CC1.O=C1CCCC(=O)N1. The minimum Gasteiger partial charge on any atom is -0.490 e. The lowest BCUT2D eigenvalue weighted by Gasteiger charge is -2.42. The molecule has 1 aromatic carbocycles. The zero-order chi connectivity index (χ0) is 27.1. The van der Waals surface area contributed by atoms with Gasteiger partial charge in [0.1, 0.15) is 17.5 Å². The maximum atomic E-state index is 12.3. The summed E-state index contributed by atoms with van der Waals surface area (Å²) in [6, 6.07) is 6.96. The summed E-state index contributed by atoms with van der Waals surface area (Å²) >= 11 is 0. The number of hydrogen-bond acceptors (Lipinski definition) is 7. The van der Waals surface area contributed by atoms with Gasteiger partial charge in [-0.15, -0.1) is 0 Å². The summed E-state index contributed by atoms with van der Waals surface area (Å²) < 4.78 is 12.0. The smallest absolute Gasteiger partial charge is 0.410 e. The maximum Gasteiger partial charge on any atom is 0.410 e. The van der Waals surface area contributed by atoms with Crippen molar-refractivity contribution in [2.75, 3.05) is 38.0 Å². The van der Waals surface area contributed by atoms with Crippen molar-refractivity contribution in [1.29, 1.82) is 0 Å². The summed E-state index contributed by atoms with van der Waals surface area (Å²) in [4.78, 5) is 37.4. The van der Waals surface area contributed by atoms with Crippen LogP contribution in [0.1, 0.15) is 77.7 Å². The second-order valence-electron chi connectivity index (χ2n) is 11.7. The summed E-state index contributed by atoms with van der Waals surface area (Å²) in [5.41, 5.74) is 2.16. The number of carbonyl (C=O) groups is 3. The Hall–Kier alpha value is -2.81. The predicted molar refractivity (Wildman–Crippen MR) is 146 cm³/mol. The van der Waals surface area contributed by atoms with Gasteiger partial charge in [0.15, 0.2) is 0 Å². The van der Waals surface area contributed by atoms with E-state index >= 15 is 0 Å². The monoisotopic (exact) mass is 528 g/mol. The Morgan fingerprint density at radius 1 is 0.921 bits per heavy atom. The first-order chi connectivity index (χ1) is 18.2. The fourth-order valence-electron chi connectivity index (χ4n) is 5.56. The second kappa shape index (κ2) is 12.8. The molecule has 0 saturated carbocycles. The first kappa shape index (κ1) is 28.2. The molecule has 2 N–H and O–H groups in total. The number of nitrogens with zero attached hydrogens (tertiary/aromatic N) is 2. The Labute approximate surface area is 226 Å². The Bertz CT molecular complexity index is 962. The Kier molecular flexibility index (Phi) is 9.52. The van der Waals surface area contributed by atoms with Crippen molar-refractivity contribution in [1.82, 2.24) is 15.1 Å². The molecule has 38 heavy (non-hydrogen) atoms. The minimum atomic E-state index is -0.427. The number of likely N-dealkylation sites (tertiary alicyclic amines) is 2. The fourth-order valence-corrected chi connectivity index (χ4v) is 5.56. The highest BCUT2D eigenvalue weighted by atomic mass is 16.6. The van der Waals surface area contributed by atoms with Crippen LogP contribution in [0, 0.1) is 0 Å². The lowest BCUT2D eigenvalue weighted by atomic mass is 9.98. The molecule has 0 aliphatic carbocycles. The highest BCUT2D eigenvalue weighted by Gasteiger charge is 2.32. The van der Waals surface area contributed by atoms with Gasteiger partial charge in [-0.05, 0) is 77.8 Å². The highest BCUT2D eigenvalue weighted by Crippen LogP contribution is 2.33. The maximum absolute atomic E-state index is 12.3. The quantitative estimate of drug-likeness (QED) is 0.570. The van der Waals surface area contributed by atoms with E-state index in [0.717, 1.165) is 70.6 Å². The molecule has 0 atom stereocenters. The third-order valence-electron chi connectivity index (χ3n) is 7.54. The molecule has 0 unspecified atom stereocenters. The van der Waals surface area contributed by atoms with Gasteiger partial charge in [-0.2, -0.15) is 0 Å². The fraction of sp³-hybridized carbons (Fsp3) is 0.690. The van der Waals surface area contributed by atoms with Crippen LogP contribution in [-0.2, 0) is 20.7 Å². The van der Waals surface area contributed by atoms with Crippen molar-refractivity contribution >= 4 is 23.6 Å². The summed E-state index contributed by atoms with van der Waals surface area (Å²) in [7, 11) is 0. The zero-order valence-corrected chi connectivity index (χ0v) is 23.2. The van der Waals surface area contributed by atoms with Gasteiger partial charge in [0.05, 0.1) is 0 Å². The van der Waals surface area contributed by atoms with Gasteiger partial charge in [-0.3, -0.25) is 19.8 Å². The third-order valence-corrected chi connectivity index (χ3v) is 7.54. The number of ether oxygens (including phenoxy) is 2. The zero-order valence-electron chi connectivity index (χ0n) is 23.2. The molecule has 210 valence electrons. The predicted octanol–water partition coefficient (Wildman–Crippen LogP) is 4.10. The van der Waals surface area contributed by atoms with Gasteiger partial charge in [0.25, 0.3) is 0 Å². The molecule has 4 aliphatic heterocycles. The largest absolute Gasteiger partial charge is 0.490 e. The van der Waals surface area contributed by atoms with E-state index in [1.54, 1.807) is 0 Å². The van der Waals surface area contributed by atoms with E-state index in [4.69, 9.17) is 9.47 Å². The van der Waals surface area contributed by atoms with Crippen molar-refractivity contribution in [3.63, 3.8) is 0 Å². The molecule has 3 saturated heterocycles. The number of hydrogen-bond donors (Lipinski definition) is 2. The van der Waals surface area contributed by atoms with Crippen LogP contribution >= 0.6 is 0 Å². The van der Waals surface area contributed by atoms with E-state index in [0.29, 0.717) is 31.4 Å². The Morgan fingerprint density at radius 3 is 2.21 bits per heavy atom. The molecule has 4 aliphatic rings. The molecule has 9 nitrogen and oxygen atoms in total. The van der Waals surface area contributed by atoms with Gasteiger partial charge in [0, 0.05) is 62.9 Å². The van der Waals surface area contributed by atoms with Crippen LogP contribution in [0.2, 0.25) is 0 Å². The van der Waals surface area contributed by atoms with E-state index in [9.17, 15) is 14.4 Å². The molecule has 0 aromatic heterocycles. The highest BCUT2D eigenvalue weighted by molar-refractivity contribution is 5.97. The third kappa shape index (κ3) is 8.09. The number of nitrogens with one attached hydrogen (secondary N) is 2. The van der Waals surface area contributed by atoms with E-state index in [-0.39, 0.29) is 17.9 Å². The van der Waals surface area contributed by atoms with E-state index in [2.05, 4.69) is 33.7 Å². The molecule has 0 spiro atoms. The van der Waals surface area contributed by atoms with Crippen molar-refractivity contribution in [3.8, 4) is 5.75 Å². The Balaban J connectivity index is 0.000000360. The summed E-state index contributed by atoms with van der Waals surface area (Å²) in [5.74, 6) is 0.798. The van der Waals surface area contributed by atoms with Crippen LogP contribution in [0.25, 0.3) is 0 Å². The lowest BCUT2D eigenvalue weighted by Crippen LogP contribution is -2.50. The number of rotatable bonds is 3. The molecule has 3 fully saturated rings. The van der Waals surface area contributed by atoms with Crippen LogP contribution in [-0.4, -0.2) is 78.2 Å². The molecule has 0 radical (unpaired) electrons. The number of anilines is 1. The van der Waals surface area contributed by atoms with Gasteiger partial charge >= 0.3 is 6.09 Å². The number of benzene rings is 1. The van der Waals surface area contributed by atoms with Crippen molar-refractivity contribution in [2.45, 2.75) is 96.3 Å². The Morgan fingerprint density at radius 2 is 1.61 bits per heavy atom. The van der Waals surface area contributed by atoms with Crippen molar-refractivity contribution in [3.05, 3.63) is 23.8 Å². The van der Waals surface area contributed by atoms with Crippen LogP contribution in [0.5, 0.6) is 5.75 Å². The van der Waals surface area contributed by atoms with Crippen LogP contribution < -0.4 is 15.4 Å². The number of amides is 3. The minimum absolute atomic E-state index is 0.138. The molecular weight excluding hydrogens is 484 g/mol. The lowest BCUT2D eigenvalue weighted by molar-refractivity contribution is -0.132. The molecule has 9 heteroatoms. The van der Waals surface area contributed by atoms with Gasteiger partial charge in [-0.25, -0.2) is 4.79 Å². The van der Waals surface area contributed by atoms with E-state index in [1.807, 2.05) is 25.7 Å². The number of imide groups is 1. The molecule has 1 aromatic rings. The summed E-state index contributed by atoms with van der Waals surface area (Å²) in [5, 5.41) is 5.69. The van der Waals surface area contributed by atoms with Crippen molar-refractivity contribution in [2.24, 2.45) is 0 Å². The van der Waals surface area contributed by atoms with Crippen molar-refractivity contribution < 1.29 is 23.9 Å². The molecule has 0 bridgehead atoms. The van der Waals surface area contributed by atoms with Crippen LogP contribution in [0.4, 0.5) is 10.5 Å². The number of piperidine rings is 3. The van der Waals surface area contributed by atoms with Gasteiger partial charge in [-0.1, -0.05) is 6.07 Å². The molecular formula is C29H44N4O5. The molecule has 5 rings (SSSR count). The number of fused-ring (bicyclic) bond motifs is 1.